The third-order valence-corrected chi connectivity index (χ3v) is 2.97. The lowest BCUT2D eigenvalue weighted by Gasteiger charge is -2.10. The first-order valence-electron chi connectivity index (χ1n) is 6.29. The van der Waals surface area contributed by atoms with Gasteiger partial charge in [-0.3, -0.25) is 10.0 Å². The summed E-state index contributed by atoms with van der Waals surface area (Å²) < 4.78 is 5.10. The van der Waals surface area contributed by atoms with Crippen LogP contribution in [0.3, 0.4) is 0 Å². The van der Waals surface area contributed by atoms with E-state index in [0.29, 0.717) is 0 Å². The number of benzene rings is 1. The van der Waals surface area contributed by atoms with E-state index in [-0.39, 0.29) is 0 Å². The van der Waals surface area contributed by atoms with Crippen LogP contribution < -0.4 is 11.0 Å². The van der Waals surface area contributed by atoms with Crippen LogP contribution in [0.2, 0.25) is 0 Å². The smallest absolute Gasteiger partial charge is 0.262 e. The van der Waals surface area contributed by atoms with Crippen LogP contribution in [-0.2, 0) is 9.08 Å². The van der Waals surface area contributed by atoms with Crippen LogP contribution in [0.15, 0.2) is 29.2 Å². The summed E-state index contributed by atoms with van der Waals surface area (Å²) in [6.07, 6.45) is 1.95. The summed E-state index contributed by atoms with van der Waals surface area (Å²) in [4.78, 5) is 11.9. The molecule has 0 radical (unpaired) electrons. The summed E-state index contributed by atoms with van der Waals surface area (Å²) in [5.41, 5.74) is 5.00. The Labute approximate surface area is 123 Å². The number of nitrogens with one attached hydrogen (secondary N) is 2. The molecule has 0 unspecified atom stereocenters. The van der Waals surface area contributed by atoms with Crippen molar-refractivity contribution in [1.29, 1.82) is 0 Å². The van der Waals surface area contributed by atoms with Crippen molar-refractivity contribution < 1.29 is 14.3 Å². The molecular weight excluding hydrogens is 276 g/mol. The number of hydroxylamine groups is 2. The van der Waals surface area contributed by atoms with E-state index in [2.05, 4.69) is 24.2 Å². The molecule has 5 nitrogen and oxygen atoms in total. The van der Waals surface area contributed by atoms with E-state index in [9.17, 15) is 4.79 Å². The van der Waals surface area contributed by atoms with E-state index in [1.165, 1.54) is 5.48 Å². The fraction of sp³-hybridized carbons (Fsp3) is 0.357. The predicted octanol–water partition coefficient (Wildman–Crippen LogP) is 2.26. The second-order valence-corrected chi connectivity index (χ2v) is 4.86. The van der Waals surface area contributed by atoms with Gasteiger partial charge in [0.2, 0.25) is 0 Å². The summed E-state index contributed by atoms with van der Waals surface area (Å²) in [5.74, 6) is 5.59. The van der Waals surface area contributed by atoms with Gasteiger partial charge in [0.15, 0.2) is 0 Å². The molecular formula is C14H18N2O3S. The van der Waals surface area contributed by atoms with E-state index in [1.807, 2.05) is 24.3 Å². The highest BCUT2D eigenvalue weighted by Crippen LogP contribution is 2.18. The van der Waals surface area contributed by atoms with Gasteiger partial charge in [0.1, 0.15) is 6.04 Å². The molecule has 0 aliphatic heterocycles. The molecule has 0 fully saturated rings. The molecule has 6 heteroatoms. The Morgan fingerprint density at radius 1 is 1.45 bits per heavy atom. The first-order valence-corrected chi connectivity index (χ1v) is 7.03. The Balaban J connectivity index is 2.39. The Bertz CT molecular complexity index is 479. The monoisotopic (exact) mass is 294 g/mol. The van der Waals surface area contributed by atoms with Gasteiger partial charge in [0.05, 0.1) is 12.0 Å². The van der Waals surface area contributed by atoms with Crippen molar-refractivity contribution >= 4 is 17.9 Å². The molecule has 0 aromatic heterocycles. The minimum atomic E-state index is -0.647. The molecule has 0 saturated heterocycles. The molecule has 20 heavy (non-hydrogen) atoms. The van der Waals surface area contributed by atoms with E-state index < -0.39 is 11.9 Å². The van der Waals surface area contributed by atoms with Crippen LogP contribution in [0.5, 0.6) is 0 Å². The summed E-state index contributed by atoms with van der Waals surface area (Å²) in [6.45, 7) is 3.66. The van der Waals surface area contributed by atoms with Crippen LogP contribution in [0, 0.1) is 11.8 Å². The van der Waals surface area contributed by atoms with Gasteiger partial charge in [-0.05, 0) is 37.6 Å². The van der Waals surface area contributed by atoms with Gasteiger partial charge in [-0.15, -0.1) is 0 Å². The van der Waals surface area contributed by atoms with Crippen molar-refractivity contribution in [2.45, 2.75) is 37.6 Å². The predicted molar refractivity (Wildman–Crippen MR) is 77.7 cm³/mol. The maximum atomic E-state index is 11.0. The molecule has 108 valence electrons. The lowest BCUT2D eigenvalue weighted by atomic mass is 10.2. The summed E-state index contributed by atoms with van der Waals surface area (Å²) >= 11 is 1.09. The molecule has 0 spiro atoms. The number of unbranched alkanes of at least 4 members (excludes halogenated alkanes) is 1. The van der Waals surface area contributed by atoms with Crippen molar-refractivity contribution in [3.8, 4) is 11.8 Å². The van der Waals surface area contributed by atoms with Crippen molar-refractivity contribution in [3.05, 3.63) is 29.8 Å². The molecule has 3 N–H and O–H groups in total. The van der Waals surface area contributed by atoms with Crippen LogP contribution in [0.1, 0.15) is 32.3 Å². The third-order valence-electron chi connectivity index (χ3n) is 2.33. The van der Waals surface area contributed by atoms with E-state index in [0.717, 1.165) is 35.3 Å². The number of rotatable bonds is 6. The zero-order valence-electron chi connectivity index (χ0n) is 11.5. The Hall–Kier alpha value is -1.52. The molecule has 0 aliphatic rings. The highest BCUT2D eigenvalue weighted by atomic mass is 32.2. The Kier molecular flexibility index (Phi) is 7.77. The number of hydrogen-bond donors (Lipinski definition) is 3. The second-order valence-electron chi connectivity index (χ2n) is 4.06. The topological polar surface area (TPSA) is 70.6 Å². The number of hydrogen-bond acceptors (Lipinski definition) is 5. The van der Waals surface area contributed by atoms with Crippen molar-refractivity contribution in [2.75, 3.05) is 0 Å². The van der Waals surface area contributed by atoms with Gasteiger partial charge >= 0.3 is 0 Å². The molecule has 1 atom stereocenters. The first-order chi connectivity index (χ1) is 9.67. The van der Waals surface area contributed by atoms with E-state index in [1.54, 1.807) is 6.92 Å². The van der Waals surface area contributed by atoms with Crippen LogP contribution in [0.25, 0.3) is 0 Å². The van der Waals surface area contributed by atoms with Crippen LogP contribution in [0.4, 0.5) is 0 Å². The first kappa shape index (κ1) is 16.5. The quantitative estimate of drug-likeness (QED) is 0.325. The maximum absolute atomic E-state index is 11.0. The van der Waals surface area contributed by atoms with Crippen LogP contribution in [-0.4, -0.2) is 17.2 Å². The SMILES string of the molecule is CCCC#Cc1ccc(SON[C@H](C)C(=O)NO)cc1. The van der Waals surface area contributed by atoms with Crippen molar-refractivity contribution in [1.82, 2.24) is 11.0 Å². The average Bonchev–Trinajstić information content (AvgIpc) is 2.48. The number of amides is 1. The number of carbonyl (C=O) groups is 1. The fourth-order valence-corrected chi connectivity index (χ4v) is 1.71. The van der Waals surface area contributed by atoms with Crippen molar-refractivity contribution in [2.24, 2.45) is 0 Å². The lowest BCUT2D eigenvalue weighted by molar-refractivity contribution is -0.132. The normalized spacial score (nSPS) is 11.3. The Morgan fingerprint density at radius 3 is 2.75 bits per heavy atom. The zero-order valence-corrected chi connectivity index (χ0v) is 12.3. The summed E-state index contributed by atoms with van der Waals surface area (Å²) in [7, 11) is 0. The number of carbonyl (C=O) groups excluding carboxylic acids is 1. The van der Waals surface area contributed by atoms with Gasteiger partial charge in [0.25, 0.3) is 5.91 Å². The summed E-state index contributed by atoms with van der Waals surface area (Å²) in [6, 6.07) is 6.96. The Morgan fingerprint density at radius 2 is 2.15 bits per heavy atom. The molecule has 1 aromatic rings. The largest absolute Gasteiger partial charge is 0.289 e. The standard InChI is InChI=1S/C14H18N2O3S/c1-3-4-5-6-12-7-9-13(10-8-12)20-19-16-11(2)14(17)15-18/h7-11,16,18H,3-4H2,1-2H3,(H,15,17)/t11-/m1/s1. The molecule has 0 saturated carbocycles. The third kappa shape index (κ3) is 6.08. The summed E-state index contributed by atoms with van der Waals surface area (Å²) in [5, 5.41) is 8.43. The minimum Gasteiger partial charge on any atom is -0.289 e. The molecule has 0 aliphatic carbocycles. The second kappa shape index (κ2) is 9.39. The van der Waals surface area contributed by atoms with Gasteiger partial charge in [-0.2, -0.15) is 5.48 Å². The van der Waals surface area contributed by atoms with Crippen LogP contribution >= 0.6 is 12.0 Å². The molecule has 0 bridgehead atoms. The van der Waals surface area contributed by atoms with E-state index in [4.69, 9.17) is 9.49 Å². The van der Waals surface area contributed by atoms with E-state index >= 15 is 0 Å². The van der Waals surface area contributed by atoms with Gasteiger partial charge in [-0.1, -0.05) is 18.8 Å². The molecule has 0 heterocycles. The fourth-order valence-electron chi connectivity index (χ4n) is 1.18. The zero-order chi connectivity index (χ0) is 14.8. The van der Waals surface area contributed by atoms with Crippen molar-refractivity contribution in [3.63, 3.8) is 0 Å². The maximum Gasteiger partial charge on any atom is 0.262 e. The van der Waals surface area contributed by atoms with Gasteiger partial charge in [-0.25, -0.2) is 9.76 Å². The average molecular weight is 294 g/mol. The highest BCUT2D eigenvalue weighted by Gasteiger charge is 2.11. The highest BCUT2D eigenvalue weighted by molar-refractivity contribution is 7.94. The van der Waals surface area contributed by atoms with Gasteiger partial charge < -0.3 is 0 Å². The molecule has 1 amide bonds. The molecule has 1 rings (SSSR count). The molecule has 1 aromatic carbocycles. The minimum absolute atomic E-state index is 0.563. The van der Waals surface area contributed by atoms with Gasteiger partial charge in [0, 0.05) is 16.9 Å². The lowest BCUT2D eigenvalue weighted by Crippen LogP contribution is -2.39.